The summed E-state index contributed by atoms with van der Waals surface area (Å²) in [5.41, 5.74) is 1.15. The largest absolute Gasteiger partial charge is 0.372 e. The average Bonchev–Trinajstić information content (AvgIpc) is 3.11. The molecule has 160 valence electrons. The minimum atomic E-state index is -0.531. The summed E-state index contributed by atoms with van der Waals surface area (Å²) in [6, 6.07) is 7.45. The Morgan fingerprint density at radius 2 is 1.63 bits per heavy atom. The Morgan fingerprint density at radius 3 is 2.33 bits per heavy atom. The molecule has 30 heavy (non-hydrogen) atoms. The summed E-state index contributed by atoms with van der Waals surface area (Å²) in [4.78, 5) is 42.3. The molecule has 2 unspecified atom stereocenters. The maximum Gasteiger partial charge on any atom is 0.295 e. The predicted octanol–water partition coefficient (Wildman–Crippen LogP) is 2.47. The zero-order valence-electron chi connectivity index (χ0n) is 17.7. The Labute approximate surface area is 176 Å². The highest BCUT2D eigenvalue weighted by Crippen LogP contribution is 2.24. The standard InChI is InChI=1S/C23H29N3O4/c1-16-12-26(13-17(2)30-16)23(29)22(28)19-14-25(20-9-5-4-8-18(19)20)15-21(27)24-10-6-3-7-11-24/h4-5,8-9,14,16-17H,3,6-7,10-13,15H2,1-2H3. The van der Waals surface area contributed by atoms with Crippen LogP contribution in [0.25, 0.3) is 10.9 Å². The molecule has 0 saturated carbocycles. The number of benzene rings is 1. The fourth-order valence-electron chi connectivity index (χ4n) is 4.55. The normalized spacial score (nSPS) is 22.3. The molecule has 1 aromatic carbocycles. The number of carbonyl (C=O) groups is 3. The summed E-state index contributed by atoms with van der Waals surface area (Å²) in [5.74, 6) is -0.990. The second kappa shape index (κ2) is 8.60. The van der Waals surface area contributed by atoms with Crippen LogP contribution in [0.2, 0.25) is 0 Å². The maximum absolute atomic E-state index is 13.1. The number of aromatic nitrogens is 1. The number of likely N-dealkylation sites (tertiary alicyclic amines) is 1. The number of Topliss-reactive ketones (excluding diaryl/α,β-unsaturated/α-hetero) is 1. The summed E-state index contributed by atoms with van der Waals surface area (Å²) in [6.07, 6.45) is 4.69. The number of piperidine rings is 1. The number of rotatable bonds is 4. The van der Waals surface area contributed by atoms with E-state index in [1.54, 1.807) is 15.7 Å². The molecule has 2 fully saturated rings. The van der Waals surface area contributed by atoms with Gasteiger partial charge >= 0.3 is 0 Å². The number of fused-ring (bicyclic) bond motifs is 1. The van der Waals surface area contributed by atoms with Gasteiger partial charge in [0.25, 0.3) is 11.7 Å². The number of ether oxygens (including phenoxy) is 1. The van der Waals surface area contributed by atoms with E-state index >= 15 is 0 Å². The number of morpholine rings is 1. The van der Waals surface area contributed by atoms with Crippen LogP contribution >= 0.6 is 0 Å². The molecule has 4 rings (SSSR count). The monoisotopic (exact) mass is 411 g/mol. The molecule has 0 bridgehead atoms. The van der Waals surface area contributed by atoms with Crippen LogP contribution in [0.15, 0.2) is 30.5 Å². The van der Waals surface area contributed by atoms with Crippen molar-refractivity contribution in [1.29, 1.82) is 0 Å². The van der Waals surface area contributed by atoms with Crippen molar-refractivity contribution in [3.63, 3.8) is 0 Å². The van der Waals surface area contributed by atoms with Gasteiger partial charge in [-0.2, -0.15) is 0 Å². The van der Waals surface area contributed by atoms with E-state index in [4.69, 9.17) is 4.74 Å². The number of hydrogen-bond acceptors (Lipinski definition) is 4. The van der Waals surface area contributed by atoms with Crippen molar-refractivity contribution in [1.82, 2.24) is 14.4 Å². The van der Waals surface area contributed by atoms with Gasteiger partial charge in [0, 0.05) is 43.3 Å². The van der Waals surface area contributed by atoms with Crippen LogP contribution in [0.5, 0.6) is 0 Å². The number of amides is 2. The minimum absolute atomic E-state index is 0.0524. The molecule has 1 aromatic heterocycles. The van der Waals surface area contributed by atoms with Gasteiger partial charge < -0.3 is 19.1 Å². The molecule has 2 atom stereocenters. The van der Waals surface area contributed by atoms with E-state index < -0.39 is 11.7 Å². The molecule has 0 radical (unpaired) electrons. The van der Waals surface area contributed by atoms with Crippen molar-refractivity contribution < 1.29 is 19.1 Å². The molecule has 3 heterocycles. The van der Waals surface area contributed by atoms with E-state index in [-0.39, 0.29) is 24.7 Å². The van der Waals surface area contributed by atoms with Crippen molar-refractivity contribution in [3.8, 4) is 0 Å². The quantitative estimate of drug-likeness (QED) is 0.572. The molecule has 0 spiro atoms. The lowest BCUT2D eigenvalue weighted by atomic mass is 10.1. The highest BCUT2D eigenvalue weighted by Gasteiger charge is 2.32. The molecule has 2 amide bonds. The molecule has 2 saturated heterocycles. The highest BCUT2D eigenvalue weighted by molar-refractivity contribution is 6.44. The second-order valence-corrected chi connectivity index (χ2v) is 8.43. The first-order chi connectivity index (χ1) is 14.4. The smallest absolute Gasteiger partial charge is 0.295 e. The summed E-state index contributed by atoms with van der Waals surface area (Å²) in [5, 5.41) is 0.705. The Bertz CT molecular complexity index is 951. The topological polar surface area (TPSA) is 71.9 Å². The Morgan fingerprint density at radius 1 is 0.967 bits per heavy atom. The van der Waals surface area contributed by atoms with E-state index in [2.05, 4.69) is 0 Å². The van der Waals surface area contributed by atoms with Crippen molar-refractivity contribution in [2.45, 2.75) is 51.9 Å². The van der Waals surface area contributed by atoms with Gasteiger partial charge in [0.05, 0.1) is 17.8 Å². The van der Waals surface area contributed by atoms with Crippen LogP contribution in [-0.2, 0) is 20.9 Å². The second-order valence-electron chi connectivity index (χ2n) is 8.43. The summed E-state index contributed by atoms with van der Waals surface area (Å²) >= 11 is 0. The van der Waals surface area contributed by atoms with Crippen molar-refractivity contribution in [2.75, 3.05) is 26.2 Å². The van der Waals surface area contributed by atoms with Gasteiger partial charge in [-0.25, -0.2) is 0 Å². The van der Waals surface area contributed by atoms with E-state index in [1.807, 2.05) is 43.0 Å². The fraction of sp³-hybridized carbons (Fsp3) is 0.522. The van der Waals surface area contributed by atoms with Gasteiger partial charge in [-0.3, -0.25) is 14.4 Å². The van der Waals surface area contributed by atoms with E-state index in [0.29, 0.717) is 24.0 Å². The molecule has 2 aromatic rings. The maximum atomic E-state index is 13.1. The fourth-order valence-corrected chi connectivity index (χ4v) is 4.55. The summed E-state index contributed by atoms with van der Waals surface area (Å²) in [7, 11) is 0. The van der Waals surface area contributed by atoms with Crippen LogP contribution in [0.4, 0.5) is 0 Å². The molecule has 0 aliphatic carbocycles. The molecule has 2 aliphatic rings. The Balaban J connectivity index is 1.59. The third-order valence-electron chi connectivity index (χ3n) is 5.95. The van der Waals surface area contributed by atoms with Gasteiger partial charge in [-0.05, 0) is 39.2 Å². The lowest BCUT2D eigenvalue weighted by Gasteiger charge is -2.34. The van der Waals surface area contributed by atoms with Gasteiger partial charge in [0.15, 0.2) is 0 Å². The van der Waals surface area contributed by atoms with Gasteiger partial charge in [0.1, 0.15) is 6.54 Å². The first-order valence-corrected chi connectivity index (χ1v) is 10.8. The van der Waals surface area contributed by atoms with Crippen molar-refractivity contribution >= 4 is 28.5 Å². The Hall–Kier alpha value is -2.67. The van der Waals surface area contributed by atoms with E-state index in [1.165, 1.54) is 0 Å². The lowest BCUT2D eigenvalue weighted by molar-refractivity contribution is -0.138. The number of ketones is 1. The summed E-state index contributed by atoms with van der Waals surface area (Å²) in [6.45, 7) is 6.36. The highest BCUT2D eigenvalue weighted by atomic mass is 16.5. The van der Waals surface area contributed by atoms with Crippen LogP contribution in [0.3, 0.4) is 0 Å². The zero-order valence-corrected chi connectivity index (χ0v) is 17.7. The Kier molecular flexibility index (Phi) is 5.90. The molecule has 2 aliphatic heterocycles. The van der Waals surface area contributed by atoms with Crippen molar-refractivity contribution in [2.24, 2.45) is 0 Å². The molecule has 7 heteroatoms. The van der Waals surface area contributed by atoms with Crippen LogP contribution < -0.4 is 0 Å². The first-order valence-electron chi connectivity index (χ1n) is 10.8. The number of para-hydroxylation sites is 1. The average molecular weight is 412 g/mol. The predicted molar refractivity (Wildman–Crippen MR) is 113 cm³/mol. The third-order valence-corrected chi connectivity index (χ3v) is 5.95. The third kappa shape index (κ3) is 4.12. The lowest BCUT2D eigenvalue weighted by Crippen LogP contribution is -2.50. The molecular formula is C23H29N3O4. The molecule has 0 N–H and O–H groups in total. The van der Waals surface area contributed by atoms with Crippen LogP contribution in [0.1, 0.15) is 43.5 Å². The van der Waals surface area contributed by atoms with E-state index in [0.717, 1.165) is 37.9 Å². The minimum Gasteiger partial charge on any atom is -0.372 e. The van der Waals surface area contributed by atoms with Crippen molar-refractivity contribution in [3.05, 3.63) is 36.0 Å². The zero-order chi connectivity index (χ0) is 21.3. The molecule has 7 nitrogen and oxygen atoms in total. The summed E-state index contributed by atoms with van der Waals surface area (Å²) < 4.78 is 7.48. The van der Waals surface area contributed by atoms with Crippen LogP contribution in [-0.4, -0.2) is 70.4 Å². The van der Waals surface area contributed by atoms with Crippen LogP contribution in [0, 0.1) is 0 Å². The van der Waals surface area contributed by atoms with Gasteiger partial charge in [0.2, 0.25) is 5.91 Å². The SMILES string of the molecule is CC1CN(C(=O)C(=O)c2cn(CC(=O)N3CCCCC3)c3ccccc23)CC(C)O1. The van der Waals surface area contributed by atoms with Gasteiger partial charge in [-0.1, -0.05) is 18.2 Å². The first kappa shape index (κ1) is 20.6. The van der Waals surface area contributed by atoms with E-state index in [9.17, 15) is 14.4 Å². The number of hydrogen-bond donors (Lipinski definition) is 0. The number of carbonyl (C=O) groups excluding carboxylic acids is 3. The molecular weight excluding hydrogens is 382 g/mol. The van der Waals surface area contributed by atoms with Gasteiger partial charge in [-0.15, -0.1) is 0 Å². The number of nitrogens with zero attached hydrogens (tertiary/aromatic N) is 3.